The van der Waals surface area contributed by atoms with E-state index in [9.17, 15) is 0 Å². The van der Waals surface area contributed by atoms with Crippen molar-refractivity contribution in [1.29, 1.82) is 0 Å². The Kier molecular flexibility index (Phi) is 6.10. The molecule has 0 fully saturated rings. The quantitative estimate of drug-likeness (QED) is 0.481. The van der Waals surface area contributed by atoms with Crippen molar-refractivity contribution in [2.75, 3.05) is 0 Å². The van der Waals surface area contributed by atoms with Gasteiger partial charge in [-0.2, -0.15) is 0 Å². The zero-order chi connectivity index (χ0) is 14.2. The smallest absolute Gasteiger partial charge is 0.0876 e. The maximum atomic E-state index is 4.62. The number of halogens is 1. The Labute approximate surface area is 136 Å². The average molecular weight is 506 g/mol. The third-order valence-electron chi connectivity index (χ3n) is 2.66. The normalized spacial score (nSPS) is 9.55. The van der Waals surface area contributed by atoms with E-state index in [4.69, 9.17) is 0 Å². The van der Waals surface area contributed by atoms with Gasteiger partial charge < -0.3 is 0 Å². The molecule has 0 bridgehead atoms. The van der Waals surface area contributed by atoms with E-state index in [0.29, 0.717) is 0 Å². The maximum absolute atomic E-state index is 4.62. The van der Waals surface area contributed by atoms with E-state index in [0.717, 1.165) is 22.6 Å². The number of benzene rings is 1. The van der Waals surface area contributed by atoms with Gasteiger partial charge >= 0.3 is 31.1 Å². The molecule has 0 saturated carbocycles. The van der Waals surface area contributed by atoms with Crippen molar-refractivity contribution in [2.24, 2.45) is 0 Å². The van der Waals surface area contributed by atoms with Gasteiger partial charge in [-0.1, -0.05) is 18.2 Å². The van der Waals surface area contributed by atoms with Gasteiger partial charge in [0.25, 0.3) is 0 Å². The molecule has 0 unspecified atom stereocenters. The van der Waals surface area contributed by atoms with Crippen LogP contribution in [-0.4, -0.2) is 9.97 Å². The van der Waals surface area contributed by atoms with Crippen LogP contribution in [-0.2, 0) is 17.8 Å². The molecule has 2 heterocycles. The number of hydrogen-bond acceptors (Lipinski definition) is 2. The summed E-state index contributed by atoms with van der Waals surface area (Å²) in [7, 11) is 0. The number of hydrogen-bond donors (Lipinski definition) is 0. The molecular weight excluding hydrogens is 495 g/mol. The van der Waals surface area contributed by atoms with Gasteiger partial charge in [-0.3, -0.25) is 9.97 Å². The average Bonchev–Trinajstić information content (AvgIpc) is 2.58. The molecule has 4 heteroatoms. The summed E-state index contributed by atoms with van der Waals surface area (Å²) in [6.07, 6.45) is 1.78. The first kappa shape index (κ1) is 15.1. The van der Waals surface area contributed by atoms with Crippen LogP contribution >= 0.6 is 13.3 Å². The molecule has 0 spiro atoms. The molecule has 0 aliphatic carbocycles. The van der Waals surface area contributed by atoms with Crippen molar-refractivity contribution in [1.82, 2.24) is 9.97 Å². The fourth-order valence-electron chi connectivity index (χ4n) is 1.79. The Morgan fingerprint density at radius 2 is 1.55 bits per heavy atom. The molecule has 3 rings (SSSR count). The molecule has 2 nitrogen and oxygen atoms in total. The Balaban J connectivity index is 0.000000704. The molecule has 0 N–H and O–H groups in total. The van der Waals surface area contributed by atoms with Crippen molar-refractivity contribution in [3.8, 4) is 22.6 Å². The van der Waals surface area contributed by atoms with E-state index in [1.807, 2.05) is 78.4 Å². The molecule has 0 radical (unpaired) electrons. The van der Waals surface area contributed by atoms with Crippen LogP contribution in [0.1, 0.15) is 0 Å². The van der Waals surface area contributed by atoms with E-state index in [1.54, 1.807) is 6.20 Å². The van der Waals surface area contributed by atoms with Crippen LogP contribution in [0.15, 0.2) is 66.9 Å². The molecule has 0 atom stereocenters. The second kappa shape index (κ2) is 8.08. The number of rotatable bonds is 2. The number of aromatic nitrogens is 2. The summed E-state index contributed by atoms with van der Waals surface area (Å²) in [6, 6.07) is 22.8. The summed E-state index contributed by atoms with van der Waals surface area (Å²) in [5.41, 5.74) is 3.68. The van der Waals surface area contributed by atoms with Gasteiger partial charge in [0, 0.05) is 6.20 Å². The molecular formula is C16H11BrN2Pt. The van der Waals surface area contributed by atoms with Gasteiger partial charge in [0.1, 0.15) is 0 Å². The second-order valence-electron chi connectivity index (χ2n) is 3.90. The van der Waals surface area contributed by atoms with Crippen LogP contribution in [0, 0.1) is 6.07 Å². The third-order valence-corrected chi connectivity index (χ3v) is 2.66. The Hall–Kier alpha value is -1.31. The largest absolute Gasteiger partial charge is 0.295 e. The van der Waals surface area contributed by atoms with Crippen molar-refractivity contribution >= 4 is 13.3 Å². The van der Waals surface area contributed by atoms with Gasteiger partial charge in [0.2, 0.25) is 0 Å². The molecule has 3 aromatic rings. The van der Waals surface area contributed by atoms with Crippen LogP contribution in [0.2, 0.25) is 0 Å². The molecule has 1 aromatic carbocycles. The molecule has 20 heavy (non-hydrogen) atoms. The molecule has 102 valence electrons. The fourth-order valence-corrected chi connectivity index (χ4v) is 1.79. The summed E-state index contributed by atoms with van der Waals surface area (Å²) in [6.45, 7) is 0. The van der Waals surface area contributed by atoms with Crippen molar-refractivity contribution in [3.05, 3.63) is 72.9 Å². The van der Waals surface area contributed by atoms with Crippen LogP contribution in [0.3, 0.4) is 0 Å². The fraction of sp³-hybridized carbons (Fsp3) is 0. The van der Waals surface area contributed by atoms with E-state index in [-0.39, 0.29) is 0 Å². The van der Waals surface area contributed by atoms with Gasteiger partial charge in [0.05, 0.1) is 11.4 Å². The summed E-state index contributed by atoms with van der Waals surface area (Å²) in [5, 5.41) is 0. The van der Waals surface area contributed by atoms with Crippen LogP contribution in [0.25, 0.3) is 22.6 Å². The third kappa shape index (κ3) is 3.84. The van der Waals surface area contributed by atoms with Crippen LogP contribution in [0.4, 0.5) is 0 Å². The number of pyridine rings is 2. The minimum atomic E-state index is 0.880. The van der Waals surface area contributed by atoms with Gasteiger partial charge in [0.15, 0.2) is 0 Å². The Morgan fingerprint density at radius 1 is 0.800 bits per heavy atom. The predicted octanol–water partition coefficient (Wildman–Crippen LogP) is 4.45. The molecule has 0 amide bonds. The Morgan fingerprint density at radius 3 is 2.25 bits per heavy atom. The number of nitrogens with zero attached hydrogens (tertiary/aromatic N) is 2. The SMILES string of the molecule is [Br][Pt+].[c-]1ccccc1-c1cccc(-c2ccccn2)n1. The minimum absolute atomic E-state index is 0.880. The summed E-state index contributed by atoms with van der Waals surface area (Å²) in [4.78, 5) is 8.93. The standard InChI is InChI=1S/C16H11N2.BrH.Pt/c1-2-7-13(8-3-1)14-10-6-11-16(18-14)15-9-4-5-12-17-15;;/h1-7,9-12H;1H;/q-1;;+2/p-1. The summed E-state index contributed by atoms with van der Waals surface area (Å²) < 4.78 is 0. The van der Waals surface area contributed by atoms with Gasteiger partial charge in [-0.25, -0.2) is 0 Å². The summed E-state index contributed by atoms with van der Waals surface area (Å²) in [5.74, 6) is 0. The van der Waals surface area contributed by atoms with E-state index < -0.39 is 0 Å². The maximum Gasteiger partial charge on any atom is 0.0876 e. The predicted molar refractivity (Wildman–Crippen MR) is 80.7 cm³/mol. The minimum Gasteiger partial charge on any atom is -0.295 e. The topological polar surface area (TPSA) is 25.8 Å². The first-order valence-corrected chi connectivity index (χ1v) is 10.9. The van der Waals surface area contributed by atoms with Crippen molar-refractivity contribution in [3.63, 3.8) is 0 Å². The van der Waals surface area contributed by atoms with Crippen LogP contribution < -0.4 is 0 Å². The first-order valence-electron chi connectivity index (χ1n) is 5.91. The second-order valence-corrected chi connectivity index (χ2v) is 3.90. The van der Waals surface area contributed by atoms with E-state index >= 15 is 0 Å². The molecule has 0 aliphatic rings. The van der Waals surface area contributed by atoms with Crippen molar-refractivity contribution in [2.45, 2.75) is 0 Å². The van der Waals surface area contributed by atoms with Gasteiger partial charge in [-0.05, 0) is 23.9 Å². The van der Waals surface area contributed by atoms with E-state index in [2.05, 4.69) is 29.3 Å². The summed E-state index contributed by atoms with van der Waals surface area (Å²) >= 11 is 4.86. The van der Waals surface area contributed by atoms with Crippen molar-refractivity contribution < 1.29 is 17.8 Å². The zero-order valence-electron chi connectivity index (χ0n) is 10.4. The first-order chi connectivity index (χ1) is 9.93. The van der Waals surface area contributed by atoms with E-state index in [1.165, 1.54) is 0 Å². The van der Waals surface area contributed by atoms with Crippen LogP contribution in [0.5, 0.6) is 0 Å². The zero-order valence-corrected chi connectivity index (χ0v) is 14.3. The molecule has 0 aliphatic heterocycles. The van der Waals surface area contributed by atoms with Gasteiger partial charge in [-0.15, -0.1) is 35.9 Å². The molecule has 0 saturated heterocycles. The molecule has 2 aromatic heterocycles. The monoisotopic (exact) mass is 505 g/mol. The Bertz CT molecular complexity index is 590.